The third kappa shape index (κ3) is 4.91. The highest BCUT2D eigenvalue weighted by Gasteiger charge is 2.30. The van der Waals surface area contributed by atoms with Gasteiger partial charge in [-0.3, -0.25) is 9.59 Å². The first-order valence-corrected chi connectivity index (χ1v) is 10.2. The van der Waals surface area contributed by atoms with Crippen molar-refractivity contribution in [3.63, 3.8) is 0 Å². The number of anilines is 1. The van der Waals surface area contributed by atoms with Crippen LogP contribution in [0.3, 0.4) is 0 Å². The highest BCUT2D eigenvalue weighted by Crippen LogP contribution is 2.33. The van der Waals surface area contributed by atoms with Gasteiger partial charge in [0.1, 0.15) is 5.70 Å². The van der Waals surface area contributed by atoms with Gasteiger partial charge in [0, 0.05) is 19.3 Å². The number of amides is 1. The Morgan fingerprint density at radius 3 is 2.58 bits per heavy atom. The molecule has 0 aliphatic heterocycles. The summed E-state index contributed by atoms with van der Waals surface area (Å²) in [6.07, 6.45) is 1.12. The number of hydrogen-bond acceptors (Lipinski definition) is 7. The number of nitrogens with one attached hydrogen (secondary N) is 2. The van der Waals surface area contributed by atoms with E-state index in [1.165, 1.54) is 18.0 Å². The Labute approximate surface area is 180 Å². The molecule has 3 rings (SSSR count). The van der Waals surface area contributed by atoms with Gasteiger partial charge in [0.15, 0.2) is 11.5 Å². The Morgan fingerprint density at radius 2 is 1.94 bits per heavy atom. The molecule has 0 unspecified atom stereocenters. The molecule has 1 aliphatic rings. The molecule has 1 aliphatic carbocycles. The number of allylic oxidation sites excluding steroid dienone is 2. The number of phenolic OH excluding ortho intramolecular Hbond substituents is 1. The lowest BCUT2D eigenvalue weighted by molar-refractivity contribution is -0.116. The van der Waals surface area contributed by atoms with Crippen LogP contribution in [-0.2, 0) is 4.79 Å². The zero-order valence-electron chi connectivity index (χ0n) is 17.6. The summed E-state index contributed by atoms with van der Waals surface area (Å²) in [5.41, 5.74) is 2.62. The van der Waals surface area contributed by atoms with Crippen molar-refractivity contribution in [2.45, 2.75) is 25.8 Å². The fraction of sp³-hybridized carbons (Fsp3) is 0.304. The van der Waals surface area contributed by atoms with Crippen LogP contribution in [0.4, 0.5) is 5.69 Å². The minimum Gasteiger partial charge on any atom is -0.505 e. The number of benzene rings is 2. The summed E-state index contributed by atoms with van der Waals surface area (Å²) in [6, 6.07) is 14.7. The van der Waals surface area contributed by atoms with Crippen molar-refractivity contribution in [2.24, 2.45) is 5.18 Å². The van der Waals surface area contributed by atoms with E-state index in [-0.39, 0.29) is 48.3 Å². The van der Waals surface area contributed by atoms with Gasteiger partial charge in [-0.15, -0.1) is 0 Å². The van der Waals surface area contributed by atoms with Crippen LogP contribution in [0.15, 0.2) is 65.1 Å². The fourth-order valence-corrected chi connectivity index (χ4v) is 3.43. The number of nitrogens with zero attached hydrogens (tertiary/aromatic N) is 2. The summed E-state index contributed by atoms with van der Waals surface area (Å²) in [6.45, 7) is 2.18. The lowest BCUT2D eigenvalue weighted by Crippen LogP contribution is -2.34. The molecular formula is C23H26N4O4. The number of para-hydroxylation sites is 1. The molecule has 8 nitrogen and oxygen atoms in total. The Morgan fingerprint density at radius 1 is 1.19 bits per heavy atom. The summed E-state index contributed by atoms with van der Waals surface area (Å²) < 4.78 is 0. The van der Waals surface area contributed by atoms with Gasteiger partial charge in [0.25, 0.3) is 5.91 Å². The molecule has 1 atom stereocenters. The van der Waals surface area contributed by atoms with Crippen molar-refractivity contribution < 1.29 is 14.7 Å². The maximum Gasteiger partial charge on any atom is 0.257 e. The van der Waals surface area contributed by atoms with Crippen LogP contribution in [-0.4, -0.2) is 41.8 Å². The molecule has 0 aromatic heterocycles. The van der Waals surface area contributed by atoms with Crippen LogP contribution in [0.2, 0.25) is 0 Å². The lowest BCUT2D eigenvalue weighted by atomic mass is 9.95. The summed E-state index contributed by atoms with van der Waals surface area (Å²) in [7, 11) is 1.53. The average Bonchev–Trinajstić information content (AvgIpc) is 2.79. The molecule has 0 saturated heterocycles. The molecule has 2 aromatic rings. The van der Waals surface area contributed by atoms with Gasteiger partial charge < -0.3 is 20.6 Å². The summed E-state index contributed by atoms with van der Waals surface area (Å²) in [5.74, 6) is -0.761. The van der Waals surface area contributed by atoms with Crippen molar-refractivity contribution in [1.82, 2.24) is 10.2 Å². The third-order valence-electron chi connectivity index (χ3n) is 5.28. The topological polar surface area (TPSA) is 111 Å². The van der Waals surface area contributed by atoms with Crippen LogP contribution in [0.25, 0.3) is 0 Å². The van der Waals surface area contributed by atoms with Crippen molar-refractivity contribution in [2.75, 3.05) is 25.5 Å². The molecular weight excluding hydrogens is 396 g/mol. The van der Waals surface area contributed by atoms with Crippen molar-refractivity contribution in [3.05, 3.63) is 76.0 Å². The van der Waals surface area contributed by atoms with Crippen molar-refractivity contribution >= 4 is 17.4 Å². The fourth-order valence-electron chi connectivity index (χ4n) is 3.43. The van der Waals surface area contributed by atoms with Crippen LogP contribution in [0, 0.1) is 4.91 Å². The van der Waals surface area contributed by atoms with Crippen LogP contribution >= 0.6 is 0 Å². The minimum absolute atomic E-state index is 0.0304. The van der Waals surface area contributed by atoms with Gasteiger partial charge in [0.2, 0.25) is 0 Å². The van der Waals surface area contributed by atoms with Crippen LogP contribution < -0.4 is 10.6 Å². The Bertz CT molecular complexity index is 1000. The second-order valence-electron chi connectivity index (χ2n) is 7.38. The first kappa shape index (κ1) is 22.0. The predicted molar refractivity (Wildman–Crippen MR) is 119 cm³/mol. The molecule has 0 bridgehead atoms. The van der Waals surface area contributed by atoms with E-state index in [0.717, 1.165) is 17.7 Å². The van der Waals surface area contributed by atoms with Gasteiger partial charge in [0.05, 0.1) is 30.3 Å². The first-order valence-electron chi connectivity index (χ1n) is 10.2. The van der Waals surface area contributed by atoms with E-state index in [9.17, 15) is 19.6 Å². The molecule has 2 aromatic carbocycles. The highest BCUT2D eigenvalue weighted by molar-refractivity contribution is 6.07. The number of aromatic hydroxyl groups is 1. The van der Waals surface area contributed by atoms with Gasteiger partial charge in [-0.05, 0) is 24.1 Å². The number of likely N-dealkylation sites (N-methyl/N-ethyl adjacent to an activating group) is 1. The molecule has 8 heteroatoms. The van der Waals surface area contributed by atoms with Gasteiger partial charge >= 0.3 is 0 Å². The quantitative estimate of drug-likeness (QED) is 0.399. The number of nitroso groups, excluding NO2 is 1. The normalized spacial score (nSPS) is 13.9. The number of rotatable bonds is 10. The van der Waals surface area contributed by atoms with E-state index in [2.05, 4.69) is 22.7 Å². The van der Waals surface area contributed by atoms with E-state index >= 15 is 0 Å². The summed E-state index contributed by atoms with van der Waals surface area (Å²) in [5, 5.41) is 19.8. The summed E-state index contributed by atoms with van der Waals surface area (Å²) in [4.78, 5) is 36.4. The number of ketones is 1. The zero-order chi connectivity index (χ0) is 22.4. The maximum absolute atomic E-state index is 12.6. The molecule has 162 valence electrons. The smallest absolute Gasteiger partial charge is 0.257 e. The maximum atomic E-state index is 12.6. The van der Waals surface area contributed by atoms with E-state index in [0.29, 0.717) is 5.70 Å². The van der Waals surface area contributed by atoms with Gasteiger partial charge in [-0.25, -0.2) is 0 Å². The SMILES string of the molecule is CC[C@@H](NC1=C(Nc2cccc(C(=O)N(C)CCN=O)c2O)C(=O)C1)c1ccccc1. The molecule has 0 fully saturated rings. The predicted octanol–water partition coefficient (Wildman–Crippen LogP) is 3.57. The number of Topliss-reactive ketones (excluding diaryl/α,β-unsaturated/α-hetero) is 1. The second kappa shape index (κ2) is 9.88. The van der Waals surface area contributed by atoms with E-state index in [1.807, 2.05) is 30.3 Å². The monoisotopic (exact) mass is 422 g/mol. The van der Waals surface area contributed by atoms with E-state index in [4.69, 9.17) is 0 Å². The first-order chi connectivity index (χ1) is 15.0. The lowest BCUT2D eigenvalue weighted by Gasteiger charge is -2.29. The Balaban J connectivity index is 1.80. The molecule has 0 spiro atoms. The van der Waals surface area contributed by atoms with Crippen molar-refractivity contribution in [3.8, 4) is 5.75 Å². The number of carbonyl (C=O) groups excluding carboxylic acids is 2. The zero-order valence-corrected chi connectivity index (χ0v) is 17.6. The van der Waals surface area contributed by atoms with Crippen LogP contribution in [0.5, 0.6) is 5.75 Å². The van der Waals surface area contributed by atoms with E-state index < -0.39 is 5.91 Å². The van der Waals surface area contributed by atoms with Crippen molar-refractivity contribution in [1.29, 1.82) is 0 Å². The highest BCUT2D eigenvalue weighted by atomic mass is 16.3. The van der Waals surface area contributed by atoms with Crippen LogP contribution in [0.1, 0.15) is 41.7 Å². The van der Waals surface area contributed by atoms with Gasteiger partial charge in [-0.2, -0.15) is 4.91 Å². The average molecular weight is 422 g/mol. The molecule has 3 N–H and O–H groups in total. The molecule has 0 heterocycles. The molecule has 31 heavy (non-hydrogen) atoms. The third-order valence-corrected chi connectivity index (χ3v) is 5.28. The molecule has 0 saturated carbocycles. The number of hydrogen-bond donors (Lipinski definition) is 3. The summed E-state index contributed by atoms with van der Waals surface area (Å²) >= 11 is 0. The van der Waals surface area contributed by atoms with Gasteiger partial charge in [-0.1, -0.05) is 48.5 Å². The second-order valence-corrected chi connectivity index (χ2v) is 7.38. The largest absolute Gasteiger partial charge is 0.505 e. The molecule has 1 amide bonds. The minimum atomic E-state index is -0.438. The standard InChI is InChI=1S/C23H26N4O4/c1-3-17(15-8-5-4-6-9-15)25-19-14-20(28)21(19)26-18-11-7-10-16(22(18)29)23(30)27(2)13-12-24-31/h4-11,17,25-26,29H,3,12-14H2,1-2H3/t17-/m1/s1. The Hall–Kier alpha value is -3.68. The number of carbonyl (C=O) groups is 2. The van der Waals surface area contributed by atoms with E-state index in [1.54, 1.807) is 12.1 Å². The molecule has 0 radical (unpaired) electrons. The Kier molecular flexibility index (Phi) is 7.02. The number of phenols is 1.